The molecule has 1 saturated heterocycles. The zero-order valence-electron chi connectivity index (χ0n) is 19.0. The molecule has 6 heteroatoms. The van der Waals surface area contributed by atoms with E-state index in [9.17, 15) is 17.6 Å². The lowest BCUT2D eigenvalue weighted by Crippen LogP contribution is -2.02. The van der Waals surface area contributed by atoms with Crippen LogP contribution in [0.3, 0.4) is 0 Å². The van der Waals surface area contributed by atoms with Crippen LogP contribution in [-0.4, -0.2) is 6.61 Å². The number of ether oxygens (including phenoxy) is 2. The molecule has 0 aliphatic carbocycles. The zero-order chi connectivity index (χ0) is 24.5. The minimum absolute atomic E-state index is 0.0755. The van der Waals surface area contributed by atoms with Gasteiger partial charge < -0.3 is 9.47 Å². The molecule has 1 fully saturated rings. The summed E-state index contributed by atoms with van der Waals surface area (Å²) in [5, 5.41) is 0. The van der Waals surface area contributed by atoms with Gasteiger partial charge in [0.15, 0.2) is 23.3 Å². The first-order chi connectivity index (χ1) is 17.0. The number of aryl methyl sites for hydroxylation is 1. The van der Waals surface area contributed by atoms with Crippen molar-refractivity contribution in [3.8, 4) is 28.0 Å². The van der Waals surface area contributed by atoms with Gasteiger partial charge in [-0.3, -0.25) is 0 Å². The fourth-order valence-electron chi connectivity index (χ4n) is 4.00. The zero-order valence-corrected chi connectivity index (χ0v) is 19.0. The van der Waals surface area contributed by atoms with E-state index in [1.54, 1.807) is 36.4 Å². The second-order valence-electron chi connectivity index (χ2n) is 8.42. The minimum Gasteiger partial charge on any atom is -0.489 e. The Labute approximate surface area is 200 Å². The lowest BCUT2D eigenvalue weighted by Gasteiger charge is -2.12. The van der Waals surface area contributed by atoms with Crippen LogP contribution < -0.4 is 4.74 Å². The third-order valence-electron chi connectivity index (χ3n) is 6.19. The number of rotatable bonds is 7. The van der Waals surface area contributed by atoms with E-state index in [-0.39, 0.29) is 35.0 Å². The van der Waals surface area contributed by atoms with Gasteiger partial charge in [0, 0.05) is 22.3 Å². The van der Waals surface area contributed by atoms with Crippen molar-refractivity contribution in [3.05, 3.63) is 113 Å². The molecule has 1 heterocycles. The average molecular weight is 478 g/mol. The van der Waals surface area contributed by atoms with Crippen molar-refractivity contribution < 1.29 is 27.0 Å². The van der Waals surface area contributed by atoms with E-state index in [0.29, 0.717) is 23.5 Å². The van der Waals surface area contributed by atoms with E-state index in [4.69, 9.17) is 9.47 Å². The summed E-state index contributed by atoms with van der Waals surface area (Å²) in [6.45, 7) is 2.23. The Morgan fingerprint density at radius 1 is 0.714 bits per heavy atom. The fraction of sp³-hybridized carbons (Fsp3) is 0.172. The van der Waals surface area contributed by atoms with Gasteiger partial charge in [-0.2, -0.15) is 0 Å². The number of epoxide rings is 1. The van der Waals surface area contributed by atoms with Crippen LogP contribution in [0.25, 0.3) is 22.3 Å². The van der Waals surface area contributed by atoms with E-state index in [2.05, 4.69) is 0 Å². The Balaban J connectivity index is 1.29. The smallest absolute Gasteiger partial charge is 0.167 e. The third-order valence-corrected chi connectivity index (χ3v) is 6.19. The minimum atomic E-state index is -0.962. The molecule has 35 heavy (non-hydrogen) atoms. The van der Waals surface area contributed by atoms with Crippen molar-refractivity contribution in [3.63, 3.8) is 0 Å². The van der Waals surface area contributed by atoms with Crippen LogP contribution in [0, 0.1) is 23.3 Å². The molecule has 4 aromatic rings. The molecule has 5 rings (SSSR count). The van der Waals surface area contributed by atoms with Crippen LogP contribution in [0.1, 0.15) is 29.7 Å². The van der Waals surface area contributed by atoms with E-state index in [1.165, 1.54) is 24.3 Å². The van der Waals surface area contributed by atoms with Gasteiger partial charge in [-0.05, 0) is 35.2 Å². The summed E-state index contributed by atoms with van der Waals surface area (Å²) in [6, 6.07) is 19.7. The van der Waals surface area contributed by atoms with E-state index < -0.39 is 23.3 Å². The molecule has 0 bridgehead atoms. The molecule has 0 amide bonds. The molecular weight excluding hydrogens is 456 g/mol. The van der Waals surface area contributed by atoms with Crippen molar-refractivity contribution in [1.82, 2.24) is 0 Å². The largest absolute Gasteiger partial charge is 0.489 e. The first-order valence-electron chi connectivity index (χ1n) is 11.3. The first-order valence-corrected chi connectivity index (χ1v) is 11.3. The van der Waals surface area contributed by atoms with E-state index >= 15 is 0 Å². The van der Waals surface area contributed by atoms with Crippen LogP contribution >= 0.6 is 0 Å². The van der Waals surface area contributed by atoms with Crippen LogP contribution in [0.4, 0.5) is 17.6 Å². The van der Waals surface area contributed by atoms with Gasteiger partial charge >= 0.3 is 0 Å². The van der Waals surface area contributed by atoms with Gasteiger partial charge in [0.25, 0.3) is 0 Å². The summed E-state index contributed by atoms with van der Waals surface area (Å²) in [6.07, 6.45) is 0.484. The molecule has 0 spiro atoms. The standard InChI is InChI=1S/C29H22F4O2/c1-2-17-3-5-18(6-4-17)22-12-9-20(26(30)27(22)31)15-34-21-10-7-19(8-11-21)23-13-14-24(25-16-35-25)29(33)28(23)32/h3-14,25H,2,15-16H2,1H3. The fourth-order valence-corrected chi connectivity index (χ4v) is 4.00. The highest BCUT2D eigenvalue weighted by Crippen LogP contribution is 2.36. The van der Waals surface area contributed by atoms with Gasteiger partial charge in [0.2, 0.25) is 0 Å². The van der Waals surface area contributed by atoms with Crippen LogP contribution in [0.15, 0.2) is 72.8 Å². The molecule has 2 nitrogen and oxygen atoms in total. The van der Waals surface area contributed by atoms with Gasteiger partial charge in [-0.1, -0.05) is 67.6 Å². The van der Waals surface area contributed by atoms with Crippen molar-refractivity contribution in [1.29, 1.82) is 0 Å². The number of halogens is 4. The maximum Gasteiger partial charge on any atom is 0.167 e. The lowest BCUT2D eigenvalue weighted by atomic mass is 10.0. The molecule has 1 aliphatic rings. The predicted octanol–water partition coefficient (Wildman–Crippen LogP) is 7.79. The SMILES string of the molecule is CCc1ccc(-c2ccc(COc3ccc(-c4ccc(C5CO5)c(F)c4F)cc3)c(F)c2F)cc1. The predicted molar refractivity (Wildman–Crippen MR) is 126 cm³/mol. The normalized spacial score (nSPS) is 14.7. The summed E-state index contributed by atoms with van der Waals surface area (Å²) >= 11 is 0. The van der Waals surface area contributed by atoms with Crippen molar-refractivity contribution in [2.24, 2.45) is 0 Å². The Morgan fingerprint density at radius 2 is 1.29 bits per heavy atom. The maximum absolute atomic E-state index is 14.7. The summed E-state index contributed by atoms with van der Waals surface area (Å²) < 4.78 is 69.0. The van der Waals surface area contributed by atoms with Crippen LogP contribution in [-0.2, 0) is 17.8 Å². The molecule has 1 atom stereocenters. The highest BCUT2D eigenvalue weighted by atomic mass is 19.2. The Bertz CT molecular complexity index is 1360. The summed E-state index contributed by atoms with van der Waals surface area (Å²) in [5.74, 6) is -3.35. The Morgan fingerprint density at radius 3 is 1.89 bits per heavy atom. The molecule has 4 aromatic carbocycles. The quantitative estimate of drug-likeness (QED) is 0.200. The second-order valence-corrected chi connectivity index (χ2v) is 8.42. The lowest BCUT2D eigenvalue weighted by molar-refractivity contribution is 0.297. The van der Waals surface area contributed by atoms with Crippen LogP contribution in [0.2, 0.25) is 0 Å². The Hall–Kier alpha value is -3.64. The molecule has 0 N–H and O–H groups in total. The highest BCUT2D eigenvalue weighted by molar-refractivity contribution is 5.66. The highest BCUT2D eigenvalue weighted by Gasteiger charge is 2.30. The van der Waals surface area contributed by atoms with Crippen LogP contribution in [0.5, 0.6) is 5.75 Å². The molecule has 1 aliphatic heterocycles. The van der Waals surface area contributed by atoms with Gasteiger partial charge in [-0.25, -0.2) is 17.6 Å². The van der Waals surface area contributed by atoms with Gasteiger partial charge in [-0.15, -0.1) is 0 Å². The summed E-state index contributed by atoms with van der Waals surface area (Å²) in [7, 11) is 0. The van der Waals surface area contributed by atoms with E-state index in [1.807, 2.05) is 19.1 Å². The molecule has 0 saturated carbocycles. The second kappa shape index (κ2) is 9.55. The van der Waals surface area contributed by atoms with Crippen molar-refractivity contribution >= 4 is 0 Å². The summed E-state index contributed by atoms with van der Waals surface area (Å²) in [5.41, 5.74) is 2.77. The molecular formula is C29H22F4O2. The maximum atomic E-state index is 14.7. The van der Waals surface area contributed by atoms with Crippen molar-refractivity contribution in [2.75, 3.05) is 6.61 Å². The number of hydrogen-bond donors (Lipinski definition) is 0. The number of benzene rings is 4. The third kappa shape index (κ3) is 4.66. The average Bonchev–Trinajstić information content (AvgIpc) is 3.72. The summed E-state index contributed by atoms with van der Waals surface area (Å²) in [4.78, 5) is 0. The molecule has 178 valence electrons. The Kier molecular flexibility index (Phi) is 6.31. The van der Waals surface area contributed by atoms with Crippen molar-refractivity contribution in [2.45, 2.75) is 26.1 Å². The first kappa shape index (κ1) is 23.1. The van der Waals surface area contributed by atoms with Gasteiger partial charge in [0.1, 0.15) is 18.5 Å². The topological polar surface area (TPSA) is 21.8 Å². The molecule has 0 aromatic heterocycles. The van der Waals surface area contributed by atoms with Gasteiger partial charge in [0.05, 0.1) is 6.61 Å². The molecule has 0 radical (unpaired) electrons. The monoisotopic (exact) mass is 478 g/mol. The number of hydrogen-bond acceptors (Lipinski definition) is 2. The van der Waals surface area contributed by atoms with E-state index in [0.717, 1.165) is 12.0 Å². The molecule has 1 unspecified atom stereocenters.